The molecule has 1 N–H and O–H groups in total. The number of carbonyl (C=O) groups is 1. The number of aliphatic carboxylic acids is 1. The van der Waals surface area contributed by atoms with Crippen LogP contribution in [0.25, 0.3) is 11.1 Å². The summed E-state index contributed by atoms with van der Waals surface area (Å²) < 4.78 is 74.7. The highest BCUT2D eigenvalue weighted by atomic mass is 35.5. The van der Waals surface area contributed by atoms with Gasteiger partial charge in [-0.25, -0.2) is 8.42 Å². The Labute approximate surface area is 223 Å². The first-order valence-electron chi connectivity index (χ1n) is 11.6. The molecule has 1 atom stereocenters. The molecule has 0 radical (unpaired) electrons. The quantitative estimate of drug-likeness (QED) is 0.354. The van der Waals surface area contributed by atoms with Gasteiger partial charge in [0, 0.05) is 11.4 Å². The fourth-order valence-electron chi connectivity index (χ4n) is 4.35. The molecule has 0 saturated carbocycles. The maximum absolute atomic E-state index is 13.8. The van der Waals surface area contributed by atoms with Gasteiger partial charge in [-0.05, 0) is 79.9 Å². The monoisotopic (exact) mass is 567 g/mol. The van der Waals surface area contributed by atoms with Gasteiger partial charge in [-0.15, -0.1) is 0 Å². The number of nitrogens with zero attached hydrogens (tertiary/aromatic N) is 1. The maximum atomic E-state index is 13.8. The molecule has 0 aromatic heterocycles. The number of sulfonamides is 1. The minimum absolute atomic E-state index is 0.0361. The van der Waals surface area contributed by atoms with Gasteiger partial charge < -0.3 is 9.84 Å². The lowest BCUT2D eigenvalue weighted by atomic mass is 9.86. The summed E-state index contributed by atoms with van der Waals surface area (Å²) in [6.45, 7) is 4.55. The van der Waals surface area contributed by atoms with E-state index in [2.05, 4.69) is 0 Å². The summed E-state index contributed by atoms with van der Waals surface area (Å²) in [7, 11) is -4.50. The van der Waals surface area contributed by atoms with Gasteiger partial charge >= 0.3 is 12.1 Å². The maximum Gasteiger partial charge on any atom is 0.416 e. The number of alkyl halides is 3. The summed E-state index contributed by atoms with van der Waals surface area (Å²) in [5, 5.41) is 10.1. The van der Waals surface area contributed by atoms with Crippen molar-refractivity contribution in [1.29, 1.82) is 0 Å². The van der Waals surface area contributed by atoms with Crippen LogP contribution >= 0.6 is 11.6 Å². The van der Waals surface area contributed by atoms with Crippen molar-refractivity contribution in [3.8, 4) is 16.9 Å². The Morgan fingerprint density at radius 1 is 1.08 bits per heavy atom. The first-order valence-corrected chi connectivity index (χ1v) is 13.4. The summed E-state index contributed by atoms with van der Waals surface area (Å²) >= 11 is 6.21. The van der Waals surface area contributed by atoms with E-state index < -0.39 is 44.1 Å². The Balaban J connectivity index is 1.85. The molecule has 4 rings (SSSR count). The SMILES string of the molecule is Cc1cc(Cl)cc(-c2ccc3c(c2)N(S(=O)(=O)c2cccc(C(F)(F)F)c2)C[C@H](CC(C)(C)C(=O)O)O3)c1. The second kappa shape index (κ2) is 9.81. The molecule has 3 aromatic rings. The minimum Gasteiger partial charge on any atom is -0.486 e. The van der Waals surface area contributed by atoms with E-state index in [1.165, 1.54) is 13.8 Å². The molecule has 1 heterocycles. The van der Waals surface area contributed by atoms with Crippen LogP contribution in [0, 0.1) is 12.3 Å². The van der Waals surface area contributed by atoms with Crippen LogP contribution in [0.15, 0.2) is 65.6 Å². The molecular weight excluding hydrogens is 543 g/mol. The van der Waals surface area contributed by atoms with Crippen LogP contribution in [-0.2, 0) is 21.0 Å². The van der Waals surface area contributed by atoms with E-state index in [1.54, 1.807) is 30.3 Å². The lowest BCUT2D eigenvalue weighted by molar-refractivity contribution is -0.148. The molecule has 0 unspecified atom stereocenters. The number of aryl methyl sites for hydroxylation is 1. The predicted octanol–water partition coefficient (Wildman–Crippen LogP) is 6.79. The highest BCUT2D eigenvalue weighted by molar-refractivity contribution is 7.92. The standard InChI is InChI=1S/C27H25ClF3NO5S/c1-16-9-18(11-20(28)10-16)17-7-8-24-23(12-17)32(15-21(37-24)14-26(2,3)25(33)34)38(35,36)22-6-4-5-19(13-22)27(29,30)31/h4-13,21H,14-15H2,1-3H3,(H,33,34)/t21-/m0/s1. The van der Waals surface area contributed by atoms with Crippen LogP contribution < -0.4 is 9.04 Å². The number of fused-ring (bicyclic) bond motifs is 1. The third-order valence-corrected chi connectivity index (χ3v) is 8.33. The second-order valence-corrected chi connectivity index (χ2v) is 12.2. The van der Waals surface area contributed by atoms with Crippen LogP contribution in [0.4, 0.5) is 18.9 Å². The molecule has 0 bridgehead atoms. The average Bonchev–Trinajstić information content (AvgIpc) is 2.82. The highest BCUT2D eigenvalue weighted by Gasteiger charge is 2.40. The molecule has 38 heavy (non-hydrogen) atoms. The van der Waals surface area contributed by atoms with Crippen LogP contribution in [0.5, 0.6) is 5.75 Å². The number of halogens is 4. The Bertz CT molecular complexity index is 1480. The van der Waals surface area contributed by atoms with Crippen molar-refractivity contribution >= 4 is 33.3 Å². The van der Waals surface area contributed by atoms with Crippen molar-refractivity contribution < 1.29 is 36.2 Å². The number of ether oxygens (including phenoxy) is 1. The van der Waals surface area contributed by atoms with E-state index >= 15 is 0 Å². The Morgan fingerprint density at radius 2 is 1.79 bits per heavy atom. The molecule has 6 nitrogen and oxygen atoms in total. The number of hydrogen-bond acceptors (Lipinski definition) is 4. The molecule has 0 amide bonds. The number of rotatable bonds is 6. The topological polar surface area (TPSA) is 83.9 Å². The molecule has 3 aromatic carbocycles. The number of hydrogen-bond donors (Lipinski definition) is 1. The van der Waals surface area contributed by atoms with Gasteiger partial charge in [0.2, 0.25) is 0 Å². The molecular formula is C27H25ClF3NO5S. The van der Waals surface area contributed by atoms with Crippen LogP contribution in [0.3, 0.4) is 0 Å². The molecule has 11 heteroatoms. The molecule has 0 aliphatic carbocycles. The first kappa shape index (κ1) is 27.8. The zero-order valence-electron chi connectivity index (χ0n) is 20.7. The van der Waals surface area contributed by atoms with Gasteiger partial charge in [0.15, 0.2) is 0 Å². The van der Waals surface area contributed by atoms with E-state index in [0.29, 0.717) is 22.2 Å². The first-order chi connectivity index (χ1) is 17.6. The number of anilines is 1. The van der Waals surface area contributed by atoms with Crippen molar-refractivity contribution in [3.05, 3.63) is 76.8 Å². The summed E-state index contributed by atoms with van der Waals surface area (Å²) in [5.74, 6) is -0.925. The van der Waals surface area contributed by atoms with E-state index in [4.69, 9.17) is 16.3 Å². The van der Waals surface area contributed by atoms with Gasteiger partial charge in [-0.1, -0.05) is 29.8 Å². The number of carboxylic acid groups (broad SMARTS) is 1. The normalized spacial score (nSPS) is 16.1. The molecule has 0 fully saturated rings. The van der Waals surface area contributed by atoms with Gasteiger partial charge in [0.25, 0.3) is 10.0 Å². The average molecular weight is 568 g/mol. The van der Waals surface area contributed by atoms with Crippen LogP contribution in [0.2, 0.25) is 5.02 Å². The van der Waals surface area contributed by atoms with Crippen molar-refractivity contribution in [2.75, 3.05) is 10.8 Å². The van der Waals surface area contributed by atoms with E-state index in [9.17, 15) is 31.5 Å². The Kier molecular flexibility index (Phi) is 7.18. The molecule has 0 saturated heterocycles. The zero-order chi connectivity index (χ0) is 28.0. The third-order valence-electron chi connectivity index (χ3n) is 6.33. The third kappa shape index (κ3) is 5.61. The predicted molar refractivity (Wildman–Crippen MR) is 138 cm³/mol. The Hall–Kier alpha value is -3.24. The lowest BCUT2D eigenvalue weighted by Crippen LogP contribution is -2.46. The Morgan fingerprint density at radius 3 is 2.42 bits per heavy atom. The second-order valence-electron chi connectivity index (χ2n) is 9.89. The van der Waals surface area contributed by atoms with Crippen molar-refractivity contribution in [3.63, 3.8) is 0 Å². The highest BCUT2D eigenvalue weighted by Crippen LogP contribution is 2.42. The largest absolute Gasteiger partial charge is 0.486 e. The summed E-state index contributed by atoms with van der Waals surface area (Å²) in [5.41, 5.74) is -0.00655. The summed E-state index contributed by atoms with van der Waals surface area (Å²) in [4.78, 5) is 11.2. The van der Waals surface area contributed by atoms with Crippen LogP contribution in [0.1, 0.15) is 31.4 Å². The fraction of sp³-hybridized carbons (Fsp3) is 0.296. The van der Waals surface area contributed by atoms with Gasteiger partial charge in [0.1, 0.15) is 11.9 Å². The number of benzene rings is 3. The molecule has 1 aliphatic heterocycles. The van der Waals surface area contributed by atoms with Crippen LogP contribution in [-0.4, -0.2) is 32.1 Å². The molecule has 0 spiro atoms. The smallest absolute Gasteiger partial charge is 0.416 e. The fourth-order valence-corrected chi connectivity index (χ4v) is 6.18. The summed E-state index contributed by atoms with van der Waals surface area (Å²) in [6, 6.07) is 13.7. The van der Waals surface area contributed by atoms with E-state index in [0.717, 1.165) is 28.1 Å². The van der Waals surface area contributed by atoms with Gasteiger partial charge in [-0.3, -0.25) is 9.10 Å². The minimum atomic E-state index is -4.74. The van der Waals surface area contributed by atoms with E-state index in [-0.39, 0.29) is 24.4 Å². The van der Waals surface area contributed by atoms with Crippen molar-refractivity contribution in [2.24, 2.45) is 5.41 Å². The van der Waals surface area contributed by atoms with E-state index in [1.807, 2.05) is 13.0 Å². The molecule has 202 valence electrons. The molecule has 1 aliphatic rings. The van der Waals surface area contributed by atoms with Crippen molar-refractivity contribution in [2.45, 2.75) is 44.4 Å². The summed E-state index contributed by atoms with van der Waals surface area (Å²) in [6.07, 6.45) is -5.64. The number of carboxylic acids is 1. The van der Waals surface area contributed by atoms with Crippen molar-refractivity contribution in [1.82, 2.24) is 0 Å². The van der Waals surface area contributed by atoms with Gasteiger partial charge in [-0.2, -0.15) is 13.2 Å². The van der Waals surface area contributed by atoms with Gasteiger partial charge in [0.05, 0.1) is 28.1 Å². The zero-order valence-corrected chi connectivity index (χ0v) is 22.3. The lowest BCUT2D eigenvalue weighted by Gasteiger charge is -2.38.